The second kappa shape index (κ2) is 7.17. The van der Waals surface area contributed by atoms with Crippen LogP contribution in [0.15, 0.2) is 16.6 Å². The van der Waals surface area contributed by atoms with Crippen LogP contribution in [0.4, 0.5) is 5.69 Å². The van der Waals surface area contributed by atoms with E-state index in [1.54, 1.807) is 6.92 Å². The smallest absolute Gasteiger partial charge is 0.224 e. The minimum atomic E-state index is -0.607. The number of halogens is 1. The number of amides is 1. The summed E-state index contributed by atoms with van der Waals surface area (Å²) in [5, 5.41) is 19.8. The van der Waals surface area contributed by atoms with Crippen molar-refractivity contribution in [3.05, 3.63) is 22.2 Å². The lowest BCUT2D eigenvalue weighted by Crippen LogP contribution is -2.58. The van der Waals surface area contributed by atoms with E-state index in [0.29, 0.717) is 12.8 Å². The Hall–Kier alpha value is -1.15. The van der Waals surface area contributed by atoms with Gasteiger partial charge in [-0.15, -0.1) is 0 Å². The predicted molar refractivity (Wildman–Crippen MR) is 91.8 cm³/mol. The fourth-order valence-corrected chi connectivity index (χ4v) is 3.58. The first-order valence-corrected chi connectivity index (χ1v) is 8.75. The summed E-state index contributed by atoms with van der Waals surface area (Å²) >= 11 is 3.47. The van der Waals surface area contributed by atoms with Crippen molar-refractivity contribution >= 4 is 27.5 Å². The van der Waals surface area contributed by atoms with E-state index in [2.05, 4.69) is 31.9 Å². The molecule has 3 unspecified atom stereocenters. The van der Waals surface area contributed by atoms with Crippen molar-refractivity contribution in [1.82, 2.24) is 10.6 Å². The van der Waals surface area contributed by atoms with Gasteiger partial charge in [-0.25, -0.2) is 0 Å². The Bertz CT molecular complexity index is 588. The van der Waals surface area contributed by atoms with Crippen molar-refractivity contribution in [2.45, 2.75) is 38.0 Å². The number of fused-ring (bicyclic) bond motifs is 1. The molecule has 0 saturated carbocycles. The molecule has 1 saturated heterocycles. The van der Waals surface area contributed by atoms with Crippen LogP contribution in [0.1, 0.15) is 18.9 Å². The molecule has 0 bridgehead atoms. The highest BCUT2D eigenvalue weighted by molar-refractivity contribution is 9.10. The third-order valence-corrected chi connectivity index (χ3v) is 4.95. The van der Waals surface area contributed by atoms with Crippen LogP contribution in [0.5, 0.6) is 5.75 Å². The van der Waals surface area contributed by atoms with Gasteiger partial charge < -0.3 is 25.8 Å². The molecule has 2 aliphatic heterocycles. The van der Waals surface area contributed by atoms with Crippen LogP contribution in [-0.4, -0.2) is 48.9 Å². The number of anilines is 1. The first-order valence-electron chi connectivity index (χ1n) is 7.96. The molecule has 6 nitrogen and oxygen atoms in total. The highest BCUT2D eigenvalue weighted by Gasteiger charge is 2.31. The maximum Gasteiger partial charge on any atom is 0.224 e. The van der Waals surface area contributed by atoms with Gasteiger partial charge in [-0.3, -0.25) is 4.79 Å². The maximum absolute atomic E-state index is 11.6. The largest absolute Gasteiger partial charge is 0.486 e. The topological polar surface area (TPSA) is 82.6 Å². The van der Waals surface area contributed by atoms with E-state index in [1.165, 1.54) is 0 Å². The Morgan fingerprint density at radius 1 is 1.35 bits per heavy atom. The van der Waals surface area contributed by atoms with E-state index in [9.17, 15) is 9.90 Å². The van der Waals surface area contributed by atoms with Crippen LogP contribution in [0.25, 0.3) is 0 Å². The zero-order valence-electron chi connectivity index (χ0n) is 13.1. The fraction of sp³-hybridized carbons (Fsp3) is 0.562. The Balaban J connectivity index is 1.85. The van der Waals surface area contributed by atoms with Crippen LogP contribution < -0.4 is 20.7 Å². The van der Waals surface area contributed by atoms with Gasteiger partial charge in [0, 0.05) is 36.1 Å². The molecule has 2 aliphatic rings. The third kappa shape index (κ3) is 3.68. The molecule has 0 aromatic heterocycles. The number of nitrogens with one attached hydrogen (secondary N) is 3. The molecular formula is C16H22BrN3O3. The SMILES string of the molecule is CC(O)C(Oc1ccc(Br)c2c1CCC(=O)N2)C1CNCCN1. The first-order chi connectivity index (χ1) is 11.1. The van der Waals surface area contributed by atoms with E-state index in [-0.39, 0.29) is 18.1 Å². The van der Waals surface area contributed by atoms with Gasteiger partial charge in [0.15, 0.2) is 0 Å². The van der Waals surface area contributed by atoms with E-state index in [4.69, 9.17) is 4.74 Å². The Morgan fingerprint density at radius 3 is 2.87 bits per heavy atom. The summed E-state index contributed by atoms with van der Waals surface area (Å²) in [6.07, 6.45) is 0.122. The molecule has 3 atom stereocenters. The van der Waals surface area contributed by atoms with Gasteiger partial charge in [-0.2, -0.15) is 0 Å². The van der Waals surface area contributed by atoms with Crippen molar-refractivity contribution in [3.8, 4) is 5.75 Å². The summed E-state index contributed by atoms with van der Waals surface area (Å²) in [6.45, 7) is 4.27. The van der Waals surface area contributed by atoms with Gasteiger partial charge in [-0.05, 0) is 41.4 Å². The molecule has 1 fully saturated rings. The molecular weight excluding hydrogens is 362 g/mol. The summed E-state index contributed by atoms with van der Waals surface area (Å²) in [5.41, 5.74) is 1.76. The molecule has 0 radical (unpaired) electrons. The number of rotatable bonds is 4. The minimum absolute atomic E-state index is 0.0144. The third-order valence-electron chi connectivity index (χ3n) is 4.29. The van der Waals surface area contributed by atoms with Gasteiger partial charge in [0.2, 0.25) is 5.91 Å². The summed E-state index contributed by atoms with van der Waals surface area (Å²) in [4.78, 5) is 11.6. The zero-order valence-corrected chi connectivity index (χ0v) is 14.6. The maximum atomic E-state index is 11.6. The van der Waals surface area contributed by atoms with E-state index >= 15 is 0 Å². The fourth-order valence-electron chi connectivity index (χ4n) is 3.11. The Morgan fingerprint density at radius 2 is 2.17 bits per heavy atom. The predicted octanol–water partition coefficient (Wildman–Crippen LogP) is 1.02. The lowest BCUT2D eigenvalue weighted by Gasteiger charge is -2.34. The van der Waals surface area contributed by atoms with Gasteiger partial charge >= 0.3 is 0 Å². The molecule has 0 spiro atoms. The van der Waals surface area contributed by atoms with Crippen LogP contribution in [-0.2, 0) is 11.2 Å². The monoisotopic (exact) mass is 383 g/mol. The Labute approximate surface area is 144 Å². The van der Waals surface area contributed by atoms with Crippen LogP contribution in [0.3, 0.4) is 0 Å². The molecule has 1 aromatic rings. The van der Waals surface area contributed by atoms with Crippen molar-refractivity contribution in [1.29, 1.82) is 0 Å². The lowest BCUT2D eigenvalue weighted by atomic mass is 10.0. The average molecular weight is 384 g/mol. The van der Waals surface area contributed by atoms with E-state index < -0.39 is 6.10 Å². The summed E-state index contributed by atoms with van der Waals surface area (Å²) < 4.78 is 7.03. The van der Waals surface area contributed by atoms with Gasteiger partial charge in [0.05, 0.1) is 17.8 Å². The zero-order chi connectivity index (χ0) is 16.4. The van der Waals surface area contributed by atoms with E-state index in [0.717, 1.165) is 41.1 Å². The van der Waals surface area contributed by atoms with Crippen LogP contribution in [0.2, 0.25) is 0 Å². The van der Waals surface area contributed by atoms with Gasteiger partial charge in [-0.1, -0.05) is 0 Å². The number of hydrogen-bond acceptors (Lipinski definition) is 5. The second-order valence-corrected chi connectivity index (χ2v) is 6.89. The number of ether oxygens (including phenoxy) is 1. The molecule has 3 rings (SSSR count). The number of hydrogen-bond donors (Lipinski definition) is 4. The normalized spacial score (nSPS) is 23.6. The van der Waals surface area contributed by atoms with E-state index in [1.807, 2.05) is 12.1 Å². The molecule has 1 amide bonds. The molecule has 0 aliphatic carbocycles. The molecule has 4 N–H and O–H groups in total. The highest BCUT2D eigenvalue weighted by atomic mass is 79.9. The minimum Gasteiger partial charge on any atom is -0.486 e. The first kappa shape index (κ1) is 16.7. The standard InChI is InChI=1S/C16H22BrN3O3/c1-9(21)16(12-8-18-6-7-19-12)23-13-4-3-11(17)15-10(13)2-5-14(22)20-15/h3-4,9,12,16,18-19,21H,2,5-8H2,1H3,(H,20,22). The van der Waals surface area contributed by atoms with Crippen LogP contribution >= 0.6 is 15.9 Å². The van der Waals surface area contributed by atoms with Crippen molar-refractivity contribution < 1.29 is 14.6 Å². The molecule has 126 valence electrons. The molecule has 2 heterocycles. The summed E-state index contributed by atoms with van der Waals surface area (Å²) in [5.74, 6) is 0.738. The van der Waals surface area contributed by atoms with Crippen molar-refractivity contribution in [2.75, 3.05) is 25.0 Å². The second-order valence-electron chi connectivity index (χ2n) is 6.04. The number of carbonyl (C=O) groups is 1. The molecule has 23 heavy (non-hydrogen) atoms. The number of benzene rings is 1. The van der Waals surface area contributed by atoms with Gasteiger partial charge in [0.25, 0.3) is 0 Å². The van der Waals surface area contributed by atoms with Crippen molar-refractivity contribution in [3.63, 3.8) is 0 Å². The molecule has 1 aromatic carbocycles. The number of piperazine rings is 1. The van der Waals surface area contributed by atoms with Gasteiger partial charge in [0.1, 0.15) is 11.9 Å². The average Bonchev–Trinajstić information content (AvgIpc) is 2.55. The lowest BCUT2D eigenvalue weighted by molar-refractivity contribution is -0.116. The quantitative estimate of drug-likeness (QED) is 0.623. The number of aliphatic hydroxyl groups is 1. The number of carbonyl (C=O) groups excluding carboxylic acids is 1. The summed E-state index contributed by atoms with van der Waals surface area (Å²) in [7, 11) is 0. The van der Waals surface area contributed by atoms with Crippen molar-refractivity contribution in [2.24, 2.45) is 0 Å². The number of aliphatic hydroxyl groups excluding tert-OH is 1. The Kier molecular flexibility index (Phi) is 5.21. The summed E-state index contributed by atoms with van der Waals surface area (Å²) in [6, 6.07) is 3.80. The molecule has 7 heteroatoms. The van der Waals surface area contributed by atoms with Crippen LogP contribution in [0, 0.1) is 0 Å². The highest BCUT2D eigenvalue weighted by Crippen LogP contribution is 2.37.